The quantitative estimate of drug-likeness (QED) is 0.607. The zero-order valence-corrected chi connectivity index (χ0v) is 7.84. The van der Waals surface area contributed by atoms with Crippen molar-refractivity contribution < 1.29 is 0 Å². The van der Waals surface area contributed by atoms with Crippen molar-refractivity contribution in [3.63, 3.8) is 0 Å². The molecule has 0 bridgehead atoms. The normalized spacial score (nSPS) is 22.7. The van der Waals surface area contributed by atoms with E-state index < -0.39 is 0 Å². The molecule has 0 aromatic heterocycles. The highest BCUT2D eigenvalue weighted by Crippen LogP contribution is 2.04. The van der Waals surface area contributed by atoms with E-state index in [9.17, 15) is 0 Å². The van der Waals surface area contributed by atoms with Gasteiger partial charge in [0.15, 0.2) is 0 Å². The third-order valence-electron chi connectivity index (χ3n) is 2.41. The number of nitrogens with zero attached hydrogens (tertiary/aromatic N) is 1. The summed E-state index contributed by atoms with van der Waals surface area (Å²) in [5, 5.41) is 3.38. The summed E-state index contributed by atoms with van der Waals surface area (Å²) < 4.78 is 0. The van der Waals surface area contributed by atoms with Crippen LogP contribution in [0.5, 0.6) is 0 Å². The van der Waals surface area contributed by atoms with Crippen LogP contribution in [0.3, 0.4) is 0 Å². The minimum atomic E-state index is 0.551. The first-order chi connectivity index (χ1) is 5.84. The van der Waals surface area contributed by atoms with Crippen LogP contribution in [0.1, 0.15) is 19.8 Å². The molecule has 1 aliphatic heterocycles. The molecule has 0 saturated carbocycles. The lowest BCUT2D eigenvalue weighted by Gasteiger charge is -2.25. The molecule has 1 heterocycles. The average molecular weight is 166 g/mol. The summed E-state index contributed by atoms with van der Waals surface area (Å²) in [6, 6.07) is 0.551. The van der Waals surface area contributed by atoms with E-state index >= 15 is 0 Å². The molecule has 0 aromatic carbocycles. The minimum Gasteiger partial charge on any atom is -0.315 e. The minimum absolute atomic E-state index is 0.551. The lowest BCUT2D eigenvalue weighted by Crippen LogP contribution is -2.35. The molecule has 0 amide bonds. The van der Waals surface area contributed by atoms with Crippen LogP contribution in [-0.4, -0.2) is 37.1 Å². The molecule has 0 aromatic rings. The fourth-order valence-electron chi connectivity index (χ4n) is 1.61. The molecule has 1 N–H and O–H groups in total. The van der Waals surface area contributed by atoms with E-state index in [1.165, 1.54) is 13.0 Å². The smallest absolute Gasteiger partial charge is 0.0240 e. The van der Waals surface area contributed by atoms with E-state index in [4.69, 9.17) is 6.42 Å². The predicted molar refractivity (Wildman–Crippen MR) is 52.0 cm³/mol. The molecule has 2 heteroatoms. The van der Waals surface area contributed by atoms with E-state index in [0.717, 1.165) is 26.1 Å². The van der Waals surface area contributed by atoms with Gasteiger partial charge < -0.3 is 5.32 Å². The highest BCUT2D eigenvalue weighted by molar-refractivity contribution is 4.89. The van der Waals surface area contributed by atoms with E-state index in [2.05, 4.69) is 23.1 Å². The van der Waals surface area contributed by atoms with Crippen LogP contribution in [0.2, 0.25) is 0 Å². The van der Waals surface area contributed by atoms with Crippen LogP contribution in [0.15, 0.2) is 0 Å². The van der Waals surface area contributed by atoms with Gasteiger partial charge in [-0.05, 0) is 26.4 Å². The SMILES string of the molecule is C#CCC(C)N1CCCNCC1. The third kappa shape index (κ3) is 2.84. The van der Waals surface area contributed by atoms with Gasteiger partial charge in [-0.25, -0.2) is 0 Å². The van der Waals surface area contributed by atoms with Crippen molar-refractivity contribution in [1.29, 1.82) is 0 Å². The molecule has 0 spiro atoms. The van der Waals surface area contributed by atoms with Gasteiger partial charge in [0, 0.05) is 25.6 Å². The third-order valence-corrected chi connectivity index (χ3v) is 2.41. The monoisotopic (exact) mass is 166 g/mol. The largest absolute Gasteiger partial charge is 0.315 e. The number of nitrogens with one attached hydrogen (secondary N) is 1. The summed E-state index contributed by atoms with van der Waals surface area (Å²) in [7, 11) is 0. The summed E-state index contributed by atoms with van der Waals surface area (Å²) in [6.45, 7) is 6.80. The van der Waals surface area contributed by atoms with Crippen molar-refractivity contribution in [3.05, 3.63) is 0 Å². The summed E-state index contributed by atoms with van der Waals surface area (Å²) in [5.74, 6) is 2.72. The maximum atomic E-state index is 5.28. The van der Waals surface area contributed by atoms with Gasteiger partial charge in [-0.1, -0.05) is 0 Å². The standard InChI is InChI=1S/C10H18N2/c1-3-5-10(2)12-8-4-6-11-7-9-12/h1,10-11H,4-9H2,2H3. The van der Waals surface area contributed by atoms with E-state index in [1.807, 2.05) is 0 Å². The molecule has 12 heavy (non-hydrogen) atoms. The Bertz CT molecular complexity index is 152. The van der Waals surface area contributed by atoms with E-state index in [-0.39, 0.29) is 0 Å². The van der Waals surface area contributed by atoms with Crippen molar-refractivity contribution in [2.24, 2.45) is 0 Å². The average Bonchev–Trinajstić information content (AvgIpc) is 2.32. The lowest BCUT2D eigenvalue weighted by molar-refractivity contribution is 0.226. The summed E-state index contributed by atoms with van der Waals surface area (Å²) in [4.78, 5) is 2.47. The topological polar surface area (TPSA) is 15.3 Å². The van der Waals surface area contributed by atoms with Gasteiger partial charge in [-0.3, -0.25) is 4.90 Å². The molecule has 0 aliphatic carbocycles. The van der Waals surface area contributed by atoms with Crippen LogP contribution in [-0.2, 0) is 0 Å². The Morgan fingerprint density at radius 3 is 3.08 bits per heavy atom. The Balaban J connectivity index is 2.33. The van der Waals surface area contributed by atoms with Crippen molar-refractivity contribution in [2.45, 2.75) is 25.8 Å². The Morgan fingerprint density at radius 2 is 2.33 bits per heavy atom. The highest BCUT2D eigenvalue weighted by atomic mass is 15.2. The molecule has 1 fully saturated rings. The summed E-state index contributed by atoms with van der Waals surface area (Å²) >= 11 is 0. The first-order valence-electron chi connectivity index (χ1n) is 4.73. The van der Waals surface area contributed by atoms with Crippen molar-refractivity contribution >= 4 is 0 Å². The Labute approximate surface area is 75.3 Å². The molecule has 1 saturated heterocycles. The van der Waals surface area contributed by atoms with Crippen LogP contribution < -0.4 is 5.32 Å². The van der Waals surface area contributed by atoms with Gasteiger partial charge in [0.05, 0.1) is 0 Å². The number of rotatable bonds is 2. The highest BCUT2D eigenvalue weighted by Gasteiger charge is 2.13. The second-order valence-corrected chi connectivity index (χ2v) is 3.40. The first-order valence-corrected chi connectivity index (χ1v) is 4.73. The molecule has 1 aliphatic rings. The van der Waals surface area contributed by atoms with Crippen LogP contribution in [0.4, 0.5) is 0 Å². The van der Waals surface area contributed by atoms with Crippen LogP contribution in [0.25, 0.3) is 0 Å². The van der Waals surface area contributed by atoms with Gasteiger partial charge in [0.25, 0.3) is 0 Å². The van der Waals surface area contributed by atoms with Crippen molar-refractivity contribution in [2.75, 3.05) is 26.2 Å². The Morgan fingerprint density at radius 1 is 1.50 bits per heavy atom. The zero-order chi connectivity index (χ0) is 8.81. The molecular formula is C10H18N2. The predicted octanol–water partition coefficient (Wildman–Crippen LogP) is 0.694. The van der Waals surface area contributed by atoms with Gasteiger partial charge in [0.1, 0.15) is 0 Å². The van der Waals surface area contributed by atoms with E-state index in [0.29, 0.717) is 6.04 Å². The molecule has 2 nitrogen and oxygen atoms in total. The lowest BCUT2D eigenvalue weighted by atomic mass is 10.2. The molecule has 1 rings (SSSR count). The second kappa shape index (κ2) is 5.18. The maximum absolute atomic E-state index is 5.28. The van der Waals surface area contributed by atoms with Gasteiger partial charge in [0.2, 0.25) is 0 Å². The number of terminal acetylenes is 1. The van der Waals surface area contributed by atoms with E-state index in [1.54, 1.807) is 0 Å². The number of hydrogen-bond acceptors (Lipinski definition) is 2. The van der Waals surface area contributed by atoms with Crippen LogP contribution in [0, 0.1) is 12.3 Å². The van der Waals surface area contributed by atoms with Crippen LogP contribution >= 0.6 is 0 Å². The van der Waals surface area contributed by atoms with Gasteiger partial charge in [-0.2, -0.15) is 0 Å². The second-order valence-electron chi connectivity index (χ2n) is 3.40. The summed E-state index contributed by atoms with van der Waals surface area (Å²) in [6.07, 6.45) is 7.40. The molecular weight excluding hydrogens is 148 g/mol. The van der Waals surface area contributed by atoms with Gasteiger partial charge >= 0.3 is 0 Å². The fraction of sp³-hybridized carbons (Fsp3) is 0.800. The number of hydrogen-bond donors (Lipinski definition) is 1. The molecule has 0 radical (unpaired) electrons. The molecule has 1 atom stereocenters. The van der Waals surface area contributed by atoms with Crippen molar-refractivity contribution in [1.82, 2.24) is 10.2 Å². The Hall–Kier alpha value is -0.520. The maximum Gasteiger partial charge on any atom is 0.0240 e. The zero-order valence-electron chi connectivity index (χ0n) is 7.84. The van der Waals surface area contributed by atoms with Crippen molar-refractivity contribution in [3.8, 4) is 12.3 Å². The molecule has 68 valence electrons. The fourth-order valence-corrected chi connectivity index (χ4v) is 1.61. The Kier molecular flexibility index (Phi) is 4.13. The first kappa shape index (κ1) is 9.57. The van der Waals surface area contributed by atoms with Gasteiger partial charge in [-0.15, -0.1) is 12.3 Å². The summed E-state index contributed by atoms with van der Waals surface area (Å²) in [5.41, 5.74) is 0. The molecule has 1 unspecified atom stereocenters.